The number of nitrogens with zero attached hydrogens (tertiary/aromatic N) is 2. The van der Waals surface area contributed by atoms with E-state index in [-0.39, 0.29) is 5.91 Å². The maximum Gasteiger partial charge on any atom is 0.260 e. The number of rotatable bonds is 2. The van der Waals surface area contributed by atoms with Gasteiger partial charge < -0.3 is 14.9 Å². The van der Waals surface area contributed by atoms with Gasteiger partial charge >= 0.3 is 0 Å². The Morgan fingerprint density at radius 3 is 2.75 bits per heavy atom. The van der Waals surface area contributed by atoms with Gasteiger partial charge in [-0.3, -0.25) is 9.69 Å². The maximum absolute atomic E-state index is 12.0. The lowest BCUT2D eigenvalue weighted by Crippen LogP contribution is -2.41. The van der Waals surface area contributed by atoms with Crippen LogP contribution in [0.5, 0.6) is 0 Å². The Bertz CT molecular complexity index is 376. The molecule has 1 unspecified atom stereocenters. The van der Waals surface area contributed by atoms with Gasteiger partial charge in [-0.2, -0.15) is 5.10 Å². The first-order valence-corrected chi connectivity index (χ1v) is 5.11. The summed E-state index contributed by atoms with van der Waals surface area (Å²) < 4.78 is 10.5. The number of amidine groups is 1. The zero-order valence-corrected chi connectivity index (χ0v) is 9.61. The molecule has 6 heteroatoms. The van der Waals surface area contributed by atoms with Crippen LogP contribution >= 0.6 is 0 Å². The van der Waals surface area contributed by atoms with Crippen LogP contribution in [0.25, 0.3) is 0 Å². The molecule has 0 bridgehead atoms. The van der Waals surface area contributed by atoms with E-state index in [1.807, 2.05) is 0 Å². The van der Waals surface area contributed by atoms with Crippen LogP contribution in [0.2, 0.25) is 0 Å². The van der Waals surface area contributed by atoms with Crippen molar-refractivity contribution in [3.8, 4) is 0 Å². The standard InChI is InChI=1S/C10H15N3O3/c1-6-8(15-2)10(16-3)13(9(6)14)7-4-5-11-12-7/h10-11H,4-5H2,1-3H3. The Balaban J connectivity index is 2.31. The van der Waals surface area contributed by atoms with Gasteiger partial charge in [0, 0.05) is 20.1 Å². The number of amides is 1. The summed E-state index contributed by atoms with van der Waals surface area (Å²) in [5, 5.41) is 4.08. The van der Waals surface area contributed by atoms with Gasteiger partial charge in [-0.25, -0.2) is 0 Å². The lowest BCUT2D eigenvalue weighted by atomic mass is 10.3. The Morgan fingerprint density at radius 1 is 1.50 bits per heavy atom. The fourth-order valence-corrected chi connectivity index (χ4v) is 1.96. The number of carbonyl (C=O) groups excluding carboxylic acids is 1. The highest BCUT2D eigenvalue weighted by Gasteiger charge is 2.41. The third-order valence-corrected chi connectivity index (χ3v) is 2.76. The summed E-state index contributed by atoms with van der Waals surface area (Å²) in [6.45, 7) is 2.48. The molecule has 0 aromatic heterocycles. The number of hydrogen-bond donors (Lipinski definition) is 1. The molecule has 2 aliphatic heterocycles. The first kappa shape index (κ1) is 10.9. The highest BCUT2D eigenvalue weighted by molar-refractivity contribution is 6.08. The second-order valence-electron chi connectivity index (χ2n) is 3.64. The quantitative estimate of drug-likeness (QED) is 0.720. The average Bonchev–Trinajstić information content (AvgIpc) is 2.87. The van der Waals surface area contributed by atoms with Gasteiger partial charge in [0.15, 0.2) is 12.0 Å². The number of ether oxygens (including phenoxy) is 2. The van der Waals surface area contributed by atoms with Crippen molar-refractivity contribution in [3.05, 3.63) is 11.3 Å². The molecule has 0 spiro atoms. The molecule has 0 fully saturated rings. The molecule has 0 aromatic rings. The molecule has 0 saturated heterocycles. The molecule has 6 nitrogen and oxygen atoms in total. The molecule has 2 aliphatic rings. The van der Waals surface area contributed by atoms with E-state index in [1.165, 1.54) is 12.0 Å². The van der Waals surface area contributed by atoms with Gasteiger partial charge in [-0.1, -0.05) is 0 Å². The van der Waals surface area contributed by atoms with Crippen molar-refractivity contribution >= 4 is 11.7 Å². The smallest absolute Gasteiger partial charge is 0.260 e. The molecule has 0 aromatic carbocycles. The van der Waals surface area contributed by atoms with Gasteiger partial charge in [0.25, 0.3) is 5.91 Å². The predicted molar refractivity (Wildman–Crippen MR) is 57.4 cm³/mol. The van der Waals surface area contributed by atoms with Gasteiger partial charge in [-0.05, 0) is 6.92 Å². The molecule has 1 amide bonds. The van der Waals surface area contributed by atoms with Crippen LogP contribution < -0.4 is 5.43 Å². The molecular weight excluding hydrogens is 210 g/mol. The second-order valence-corrected chi connectivity index (χ2v) is 3.64. The van der Waals surface area contributed by atoms with Crippen molar-refractivity contribution in [2.75, 3.05) is 20.8 Å². The normalized spacial score (nSPS) is 24.9. The van der Waals surface area contributed by atoms with Crippen molar-refractivity contribution in [3.63, 3.8) is 0 Å². The summed E-state index contributed by atoms with van der Waals surface area (Å²) in [7, 11) is 3.09. The van der Waals surface area contributed by atoms with Crippen LogP contribution in [0.1, 0.15) is 13.3 Å². The monoisotopic (exact) mass is 225 g/mol. The lowest BCUT2D eigenvalue weighted by molar-refractivity contribution is -0.128. The van der Waals surface area contributed by atoms with E-state index >= 15 is 0 Å². The van der Waals surface area contributed by atoms with E-state index in [9.17, 15) is 4.79 Å². The van der Waals surface area contributed by atoms with Crippen molar-refractivity contribution < 1.29 is 14.3 Å². The predicted octanol–water partition coefficient (Wildman–Crippen LogP) is 0.0283. The second kappa shape index (κ2) is 4.13. The first-order valence-electron chi connectivity index (χ1n) is 5.11. The van der Waals surface area contributed by atoms with Crippen molar-refractivity contribution in [2.45, 2.75) is 19.6 Å². The van der Waals surface area contributed by atoms with Crippen LogP contribution in [0.15, 0.2) is 16.4 Å². The van der Waals surface area contributed by atoms with E-state index in [0.29, 0.717) is 17.2 Å². The molecular formula is C10H15N3O3. The summed E-state index contributed by atoms with van der Waals surface area (Å²) in [6, 6.07) is 0. The van der Waals surface area contributed by atoms with E-state index in [1.54, 1.807) is 14.0 Å². The Kier molecular flexibility index (Phi) is 2.82. The van der Waals surface area contributed by atoms with Crippen LogP contribution in [0.3, 0.4) is 0 Å². The van der Waals surface area contributed by atoms with E-state index in [2.05, 4.69) is 10.5 Å². The number of nitrogens with one attached hydrogen (secondary N) is 1. The molecule has 16 heavy (non-hydrogen) atoms. The van der Waals surface area contributed by atoms with Crippen LogP contribution in [0.4, 0.5) is 0 Å². The molecule has 0 radical (unpaired) electrons. The fraction of sp³-hybridized carbons (Fsp3) is 0.600. The van der Waals surface area contributed by atoms with E-state index in [0.717, 1.165) is 13.0 Å². The van der Waals surface area contributed by atoms with Crippen molar-refractivity contribution in [1.82, 2.24) is 10.3 Å². The minimum absolute atomic E-state index is 0.105. The number of hydrazone groups is 1. The molecule has 2 heterocycles. The molecule has 0 saturated carbocycles. The number of carbonyl (C=O) groups is 1. The Labute approximate surface area is 93.9 Å². The Morgan fingerprint density at radius 2 is 2.25 bits per heavy atom. The Hall–Kier alpha value is -1.56. The van der Waals surface area contributed by atoms with Gasteiger partial charge in [0.05, 0.1) is 12.7 Å². The third kappa shape index (κ3) is 1.46. The van der Waals surface area contributed by atoms with Crippen LogP contribution in [-0.4, -0.2) is 43.6 Å². The average molecular weight is 225 g/mol. The maximum atomic E-state index is 12.0. The zero-order chi connectivity index (χ0) is 11.7. The molecule has 0 aliphatic carbocycles. The largest absolute Gasteiger partial charge is 0.496 e. The minimum Gasteiger partial charge on any atom is -0.496 e. The van der Waals surface area contributed by atoms with E-state index in [4.69, 9.17) is 9.47 Å². The van der Waals surface area contributed by atoms with Crippen molar-refractivity contribution in [2.24, 2.45) is 5.10 Å². The lowest BCUT2D eigenvalue weighted by Gasteiger charge is -2.24. The molecule has 1 N–H and O–H groups in total. The SMILES string of the molecule is COC1=C(C)C(=O)N(C2=NNCC2)C1OC. The highest BCUT2D eigenvalue weighted by Crippen LogP contribution is 2.28. The topological polar surface area (TPSA) is 63.2 Å². The van der Waals surface area contributed by atoms with Gasteiger partial charge in [0.1, 0.15) is 5.84 Å². The van der Waals surface area contributed by atoms with Crippen LogP contribution in [-0.2, 0) is 14.3 Å². The zero-order valence-electron chi connectivity index (χ0n) is 9.61. The number of hydrogen-bond acceptors (Lipinski definition) is 5. The molecule has 1 atom stereocenters. The van der Waals surface area contributed by atoms with Crippen molar-refractivity contribution in [1.29, 1.82) is 0 Å². The van der Waals surface area contributed by atoms with Gasteiger partial charge in [0.2, 0.25) is 0 Å². The summed E-state index contributed by atoms with van der Waals surface area (Å²) in [5.74, 6) is 1.15. The first-order chi connectivity index (χ1) is 7.70. The molecule has 88 valence electrons. The number of methoxy groups -OCH3 is 2. The minimum atomic E-state index is -0.490. The van der Waals surface area contributed by atoms with Crippen LogP contribution in [0, 0.1) is 0 Å². The van der Waals surface area contributed by atoms with Gasteiger partial charge in [-0.15, -0.1) is 0 Å². The third-order valence-electron chi connectivity index (χ3n) is 2.76. The summed E-state index contributed by atoms with van der Waals surface area (Å²) in [6.07, 6.45) is 0.228. The fourth-order valence-electron chi connectivity index (χ4n) is 1.96. The summed E-state index contributed by atoms with van der Waals surface area (Å²) in [4.78, 5) is 13.6. The van der Waals surface area contributed by atoms with E-state index < -0.39 is 6.23 Å². The summed E-state index contributed by atoms with van der Waals surface area (Å²) >= 11 is 0. The summed E-state index contributed by atoms with van der Waals surface area (Å²) in [5.41, 5.74) is 3.41. The highest BCUT2D eigenvalue weighted by atomic mass is 16.5. The molecule has 2 rings (SSSR count).